The standard InChI is InChI=1S/C20H20N4O2/c1-3-12-24-20(26)17-11-7-6-10-16(17)18(23-24)19(25)22-21-13-15-9-5-4-8-14(15)2/h4-11,13H,3,12H2,1-2H3,(H,22,25)/b21-13-. The topological polar surface area (TPSA) is 76.3 Å². The summed E-state index contributed by atoms with van der Waals surface area (Å²) in [7, 11) is 0. The van der Waals surface area contributed by atoms with Crippen molar-refractivity contribution in [2.75, 3.05) is 0 Å². The van der Waals surface area contributed by atoms with E-state index in [-0.39, 0.29) is 11.3 Å². The molecule has 0 atom stereocenters. The van der Waals surface area contributed by atoms with Crippen molar-refractivity contribution in [3.8, 4) is 0 Å². The molecule has 3 rings (SSSR count). The molecule has 0 bridgehead atoms. The molecule has 0 aliphatic heterocycles. The zero-order valence-corrected chi connectivity index (χ0v) is 14.8. The van der Waals surface area contributed by atoms with Gasteiger partial charge in [-0.05, 0) is 30.5 Å². The van der Waals surface area contributed by atoms with E-state index in [1.807, 2.05) is 38.1 Å². The summed E-state index contributed by atoms with van der Waals surface area (Å²) in [5, 5.41) is 9.28. The third-order valence-electron chi connectivity index (χ3n) is 4.08. The summed E-state index contributed by atoms with van der Waals surface area (Å²) in [5.74, 6) is -0.448. The van der Waals surface area contributed by atoms with Crippen LogP contribution in [0.1, 0.15) is 35.0 Å². The van der Waals surface area contributed by atoms with Crippen molar-refractivity contribution in [2.24, 2.45) is 5.10 Å². The molecule has 2 aromatic carbocycles. The summed E-state index contributed by atoms with van der Waals surface area (Å²) >= 11 is 0. The number of carbonyl (C=O) groups excluding carboxylic acids is 1. The molecule has 6 nitrogen and oxygen atoms in total. The van der Waals surface area contributed by atoms with Crippen molar-refractivity contribution in [1.82, 2.24) is 15.2 Å². The molecule has 0 radical (unpaired) electrons. The summed E-state index contributed by atoms with van der Waals surface area (Å²) in [6.07, 6.45) is 2.34. The van der Waals surface area contributed by atoms with Crippen molar-refractivity contribution < 1.29 is 4.79 Å². The molecule has 1 amide bonds. The Labute approximate surface area is 151 Å². The van der Waals surface area contributed by atoms with Gasteiger partial charge in [-0.1, -0.05) is 49.4 Å². The van der Waals surface area contributed by atoms with Crippen LogP contribution in [-0.4, -0.2) is 21.9 Å². The van der Waals surface area contributed by atoms with Crippen LogP contribution in [0.4, 0.5) is 0 Å². The molecule has 0 aliphatic rings. The number of nitrogens with one attached hydrogen (secondary N) is 1. The molecule has 0 saturated carbocycles. The Kier molecular flexibility index (Phi) is 5.22. The number of hydrogen-bond donors (Lipinski definition) is 1. The maximum Gasteiger partial charge on any atom is 0.292 e. The number of hydrogen-bond acceptors (Lipinski definition) is 4. The minimum absolute atomic E-state index is 0.190. The van der Waals surface area contributed by atoms with E-state index in [2.05, 4.69) is 15.6 Å². The van der Waals surface area contributed by atoms with Crippen LogP contribution in [-0.2, 0) is 6.54 Å². The van der Waals surface area contributed by atoms with Gasteiger partial charge in [0, 0.05) is 11.9 Å². The van der Waals surface area contributed by atoms with E-state index in [4.69, 9.17) is 0 Å². The Hall–Kier alpha value is -3.28. The lowest BCUT2D eigenvalue weighted by molar-refractivity contribution is 0.0949. The van der Waals surface area contributed by atoms with Crippen molar-refractivity contribution in [3.63, 3.8) is 0 Å². The van der Waals surface area contributed by atoms with E-state index in [0.717, 1.165) is 17.5 Å². The number of rotatable bonds is 5. The predicted molar refractivity (Wildman–Crippen MR) is 103 cm³/mol. The third-order valence-corrected chi connectivity index (χ3v) is 4.08. The zero-order chi connectivity index (χ0) is 18.5. The van der Waals surface area contributed by atoms with Crippen LogP contribution in [0.25, 0.3) is 10.8 Å². The molecule has 0 aliphatic carbocycles. The van der Waals surface area contributed by atoms with Gasteiger partial charge >= 0.3 is 0 Å². The lowest BCUT2D eigenvalue weighted by Gasteiger charge is -2.09. The lowest BCUT2D eigenvalue weighted by Crippen LogP contribution is -2.29. The van der Waals surface area contributed by atoms with Crippen molar-refractivity contribution >= 4 is 22.9 Å². The number of hydrazone groups is 1. The van der Waals surface area contributed by atoms with Crippen LogP contribution < -0.4 is 11.0 Å². The highest BCUT2D eigenvalue weighted by atomic mass is 16.2. The molecule has 1 heterocycles. The van der Waals surface area contributed by atoms with Gasteiger partial charge in [0.15, 0.2) is 5.69 Å². The fourth-order valence-corrected chi connectivity index (χ4v) is 2.71. The van der Waals surface area contributed by atoms with Crippen LogP contribution in [0.15, 0.2) is 58.4 Å². The van der Waals surface area contributed by atoms with Gasteiger partial charge in [-0.2, -0.15) is 10.2 Å². The Morgan fingerprint density at radius 3 is 2.58 bits per heavy atom. The van der Waals surface area contributed by atoms with Gasteiger partial charge in [0.2, 0.25) is 0 Å². The van der Waals surface area contributed by atoms with Gasteiger partial charge in [0.25, 0.3) is 11.5 Å². The van der Waals surface area contributed by atoms with Gasteiger partial charge in [-0.25, -0.2) is 10.1 Å². The van der Waals surface area contributed by atoms with Crippen LogP contribution in [0.5, 0.6) is 0 Å². The quantitative estimate of drug-likeness (QED) is 0.569. The molecule has 132 valence electrons. The van der Waals surface area contributed by atoms with E-state index in [1.54, 1.807) is 30.5 Å². The SMILES string of the molecule is CCCn1nc(C(=O)N/N=C\c2ccccc2C)c2ccccc2c1=O. The monoisotopic (exact) mass is 348 g/mol. The van der Waals surface area contributed by atoms with E-state index < -0.39 is 5.91 Å². The summed E-state index contributed by atoms with van der Waals surface area (Å²) in [4.78, 5) is 25.1. The van der Waals surface area contributed by atoms with Crippen molar-refractivity contribution in [3.05, 3.63) is 75.7 Å². The maximum atomic E-state index is 12.6. The van der Waals surface area contributed by atoms with Gasteiger partial charge in [-0.15, -0.1) is 0 Å². The molecule has 26 heavy (non-hydrogen) atoms. The number of carbonyl (C=O) groups is 1. The first-order valence-electron chi connectivity index (χ1n) is 8.50. The molecule has 0 saturated heterocycles. The molecule has 1 aromatic heterocycles. The number of aromatic nitrogens is 2. The number of fused-ring (bicyclic) bond motifs is 1. The Morgan fingerprint density at radius 2 is 1.85 bits per heavy atom. The Balaban J connectivity index is 1.94. The second-order valence-electron chi connectivity index (χ2n) is 5.98. The average molecular weight is 348 g/mol. The second-order valence-corrected chi connectivity index (χ2v) is 5.98. The zero-order valence-electron chi connectivity index (χ0n) is 14.8. The van der Waals surface area contributed by atoms with Crippen LogP contribution >= 0.6 is 0 Å². The minimum Gasteiger partial charge on any atom is -0.267 e. The van der Waals surface area contributed by atoms with E-state index >= 15 is 0 Å². The van der Waals surface area contributed by atoms with E-state index in [1.165, 1.54) is 4.68 Å². The van der Waals surface area contributed by atoms with E-state index in [9.17, 15) is 9.59 Å². The number of amides is 1. The summed E-state index contributed by atoms with van der Waals surface area (Å²) in [6.45, 7) is 4.38. The van der Waals surface area contributed by atoms with Crippen LogP contribution in [0, 0.1) is 6.92 Å². The third kappa shape index (κ3) is 3.54. The Bertz CT molecular complexity index is 1040. The molecular formula is C20H20N4O2. The lowest BCUT2D eigenvalue weighted by atomic mass is 10.1. The van der Waals surface area contributed by atoms with Crippen molar-refractivity contribution in [2.45, 2.75) is 26.8 Å². The van der Waals surface area contributed by atoms with Crippen LogP contribution in [0.2, 0.25) is 0 Å². The molecule has 0 spiro atoms. The second kappa shape index (κ2) is 7.74. The molecule has 3 aromatic rings. The van der Waals surface area contributed by atoms with Gasteiger partial charge < -0.3 is 0 Å². The highest BCUT2D eigenvalue weighted by molar-refractivity contribution is 6.05. The Morgan fingerprint density at radius 1 is 1.15 bits per heavy atom. The minimum atomic E-state index is -0.448. The van der Waals surface area contributed by atoms with Gasteiger partial charge in [0.05, 0.1) is 11.6 Å². The molecule has 0 unspecified atom stereocenters. The normalized spacial score (nSPS) is 11.2. The van der Waals surface area contributed by atoms with Gasteiger partial charge in [0.1, 0.15) is 0 Å². The van der Waals surface area contributed by atoms with E-state index in [0.29, 0.717) is 17.3 Å². The summed E-state index contributed by atoms with van der Waals surface area (Å²) < 4.78 is 1.34. The number of aryl methyl sites for hydroxylation is 2. The predicted octanol–water partition coefficient (Wildman–Crippen LogP) is 2.88. The largest absolute Gasteiger partial charge is 0.292 e. The first-order valence-corrected chi connectivity index (χ1v) is 8.50. The number of nitrogens with zero attached hydrogens (tertiary/aromatic N) is 3. The number of benzene rings is 2. The summed E-state index contributed by atoms with van der Waals surface area (Å²) in [5.41, 5.74) is 4.49. The van der Waals surface area contributed by atoms with Crippen molar-refractivity contribution in [1.29, 1.82) is 0 Å². The summed E-state index contributed by atoms with van der Waals surface area (Å²) in [6, 6.07) is 14.7. The highest BCUT2D eigenvalue weighted by Crippen LogP contribution is 2.13. The van der Waals surface area contributed by atoms with Gasteiger partial charge in [-0.3, -0.25) is 9.59 Å². The first kappa shape index (κ1) is 17.5. The fourth-order valence-electron chi connectivity index (χ4n) is 2.71. The first-order chi connectivity index (χ1) is 12.6. The smallest absolute Gasteiger partial charge is 0.267 e. The molecule has 1 N–H and O–H groups in total. The molecule has 6 heteroatoms. The molecular weight excluding hydrogens is 328 g/mol. The fraction of sp³-hybridized carbons (Fsp3) is 0.200. The maximum absolute atomic E-state index is 12.6. The average Bonchev–Trinajstić information content (AvgIpc) is 2.65. The molecule has 0 fully saturated rings. The van der Waals surface area contributed by atoms with Crippen LogP contribution in [0.3, 0.4) is 0 Å². The highest BCUT2D eigenvalue weighted by Gasteiger charge is 2.15.